The van der Waals surface area contributed by atoms with E-state index in [1.165, 1.54) is 14.0 Å². The minimum atomic E-state index is -0.973. The van der Waals surface area contributed by atoms with Crippen LogP contribution in [-0.4, -0.2) is 48.7 Å². The molecule has 0 aliphatic carbocycles. The molecule has 134 valence electrons. The van der Waals surface area contributed by atoms with Crippen LogP contribution in [-0.2, 0) is 19.1 Å². The van der Waals surface area contributed by atoms with Gasteiger partial charge in [-0.2, -0.15) is 0 Å². The Balaban J connectivity index is 0.000000422. The largest absolute Gasteiger partial charge is 0.480 e. The topological polar surface area (TPSA) is 105 Å². The monoisotopic (exact) mass is 330 g/mol. The van der Waals surface area contributed by atoms with Gasteiger partial charge in [-0.1, -0.05) is 13.8 Å². The lowest BCUT2D eigenvalue weighted by atomic mass is 9.96. The Hall–Kier alpha value is -1.63. The maximum atomic E-state index is 11.0. The van der Waals surface area contributed by atoms with E-state index < -0.39 is 12.0 Å². The van der Waals surface area contributed by atoms with E-state index in [4.69, 9.17) is 5.11 Å². The zero-order chi connectivity index (χ0) is 18.0. The molecular weight excluding hydrogens is 300 g/mol. The molecule has 0 bridgehead atoms. The van der Waals surface area contributed by atoms with E-state index in [9.17, 15) is 14.4 Å². The summed E-state index contributed by atoms with van der Waals surface area (Å²) in [7, 11) is 1.44. The molecule has 1 saturated heterocycles. The average Bonchev–Trinajstić information content (AvgIpc) is 2.46. The number of carbonyl (C=O) groups is 3. The highest BCUT2D eigenvalue weighted by molar-refractivity contribution is 5.82. The van der Waals surface area contributed by atoms with Gasteiger partial charge in [0.1, 0.15) is 6.04 Å². The molecule has 0 aromatic rings. The van der Waals surface area contributed by atoms with Crippen molar-refractivity contribution in [3.63, 3.8) is 0 Å². The van der Waals surface area contributed by atoms with E-state index in [1.54, 1.807) is 0 Å². The molecule has 0 unspecified atom stereocenters. The Morgan fingerprint density at radius 3 is 2.26 bits per heavy atom. The number of amides is 1. The first-order valence-electron chi connectivity index (χ1n) is 7.98. The molecule has 3 N–H and O–H groups in total. The van der Waals surface area contributed by atoms with Crippen molar-refractivity contribution in [2.24, 2.45) is 11.8 Å². The minimum Gasteiger partial charge on any atom is -0.480 e. The second-order valence-electron chi connectivity index (χ2n) is 6.33. The number of ether oxygens (including phenoxy) is 1. The van der Waals surface area contributed by atoms with Crippen molar-refractivity contribution < 1.29 is 24.2 Å². The lowest BCUT2D eigenvalue weighted by molar-refractivity contribution is -0.146. The maximum Gasteiger partial charge on any atom is 0.326 e. The first kappa shape index (κ1) is 21.4. The Morgan fingerprint density at radius 2 is 1.91 bits per heavy atom. The summed E-state index contributed by atoms with van der Waals surface area (Å²) in [6, 6.07) is -0.196. The number of piperidine rings is 1. The summed E-state index contributed by atoms with van der Waals surface area (Å²) in [6.45, 7) is 8.05. The van der Waals surface area contributed by atoms with Crippen molar-refractivity contribution in [1.82, 2.24) is 10.6 Å². The smallest absolute Gasteiger partial charge is 0.326 e. The maximum absolute atomic E-state index is 11.0. The number of hydrogen-bond acceptors (Lipinski definition) is 5. The molecule has 0 aromatic carbocycles. The van der Waals surface area contributed by atoms with Crippen molar-refractivity contribution in [2.75, 3.05) is 13.7 Å². The van der Waals surface area contributed by atoms with Gasteiger partial charge in [-0.3, -0.25) is 9.59 Å². The quantitative estimate of drug-likeness (QED) is 0.654. The highest BCUT2D eigenvalue weighted by Gasteiger charge is 2.24. The number of carboxylic acids is 1. The third-order valence-electron chi connectivity index (χ3n) is 3.58. The van der Waals surface area contributed by atoms with Crippen LogP contribution in [0.15, 0.2) is 0 Å². The Labute approximate surface area is 138 Å². The van der Waals surface area contributed by atoms with Crippen LogP contribution < -0.4 is 10.6 Å². The van der Waals surface area contributed by atoms with Gasteiger partial charge in [-0.25, -0.2) is 4.79 Å². The van der Waals surface area contributed by atoms with Crippen molar-refractivity contribution >= 4 is 17.8 Å². The first-order chi connectivity index (χ1) is 10.7. The van der Waals surface area contributed by atoms with E-state index in [2.05, 4.69) is 22.3 Å². The summed E-state index contributed by atoms with van der Waals surface area (Å²) < 4.78 is 4.65. The highest BCUT2D eigenvalue weighted by Crippen LogP contribution is 2.14. The summed E-state index contributed by atoms with van der Waals surface area (Å²) in [5.74, 6) is -1.01. The Bertz CT molecular complexity index is 390. The molecule has 1 aliphatic rings. The molecule has 0 spiro atoms. The van der Waals surface area contributed by atoms with Crippen LogP contribution in [0.2, 0.25) is 0 Å². The molecule has 1 aliphatic heterocycles. The summed E-state index contributed by atoms with van der Waals surface area (Å²) in [6.07, 6.45) is 2.50. The highest BCUT2D eigenvalue weighted by atomic mass is 16.5. The van der Waals surface area contributed by atoms with Gasteiger partial charge in [0.25, 0.3) is 0 Å². The zero-order valence-electron chi connectivity index (χ0n) is 14.7. The van der Waals surface area contributed by atoms with Gasteiger partial charge >= 0.3 is 11.9 Å². The van der Waals surface area contributed by atoms with Gasteiger partial charge in [-0.05, 0) is 32.1 Å². The predicted molar refractivity (Wildman–Crippen MR) is 86.9 cm³/mol. The molecule has 7 heteroatoms. The number of carboxylic acid groups (broad SMARTS) is 1. The van der Waals surface area contributed by atoms with Crippen molar-refractivity contribution in [1.29, 1.82) is 0 Å². The normalized spacial score (nSPS) is 21.7. The fourth-order valence-electron chi connectivity index (χ4n) is 2.30. The SMILES string of the molecule is CC(=O)N[C@@H](CC(C)C)C(=O)O.COC(=O)[C@H]1CC[C@@H](C)NC1. The van der Waals surface area contributed by atoms with E-state index in [-0.39, 0.29) is 23.7 Å². The van der Waals surface area contributed by atoms with Crippen LogP contribution in [0.4, 0.5) is 0 Å². The molecule has 0 aromatic heterocycles. The Kier molecular flexibility index (Phi) is 10.2. The summed E-state index contributed by atoms with van der Waals surface area (Å²) >= 11 is 0. The summed E-state index contributed by atoms with van der Waals surface area (Å²) in [5.41, 5.74) is 0. The number of carbonyl (C=O) groups excluding carboxylic acids is 2. The van der Waals surface area contributed by atoms with Crippen molar-refractivity contribution in [3.05, 3.63) is 0 Å². The fourth-order valence-corrected chi connectivity index (χ4v) is 2.30. The van der Waals surface area contributed by atoms with Crippen LogP contribution >= 0.6 is 0 Å². The molecule has 23 heavy (non-hydrogen) atoms. The van der Waals surface area contributed by atoms with Gasteiger partial charge in [-0.15, -0.1) is 0 Å². The third-order valence-corrected chi connectivity index (χ3v) is 3.58. The van der Waals surface area contributed by atoms with E-state index >= 15 is 0 Å². The molecule has 7 nitrogen and oxygen atoms in total. The number of methoxy groups -OCH3 is 1. The summed E-state index contributed by atoms with van der Waals surface area (Å²) in [4.78, 5) is 32.1. The fraction of sp³-hybridized carbons (Fsp3) is 0.812. The van der Waals surface area contributed by atoms with Gasteiger partial charge in [0, 0.05) is 19.5 Å². The van der Waals surface area contributed by atoms with Crippen molar-refractivity contribution in [3.8, 4) is 0 Å². The summed E-state index contributed by atoms with van der Waals surface area (Å²) in [5, 5.41) is 14.3. The second kappa shape index (κ2) is 11.0. The van der Waals surface area contributed by atoms with Gasteiger partial charge < -0.3 is 20.5 Å². The number of aliphatic carboxylic acids is 1. The zero-order valence-corrected chi connectivity index (χ0v) is 14.7. The molecule has 1 rings (SSSR count). The van der Waals surface area contributed by atoms with Crippen LogP contribution in [0, 0.1) is 11.8 Å². The van der Waals surface area contributed by atoms with Gasteiger partial charge in [0.15, 0.2) is 0 Å². The van der Waals surface area contributed by atoms with Gasteiger partial charge in [0.05, 0.1) is 13.0 Å². The van der Waals surface area contributed by atoms with Crippen molar-refractivity contribution in [2.45, 2.75) is 59.0 Å². The molecule has 1 fully saturated rings. The molecule has 0 saturated carbocycles. The lowest BCUT2D eigenvalue weighted by Crippen LogP contribution is -2.40. The number of esters is 1. The molecule has 3 atom stereocenters. The van der Waals surface area contributed by atoms with E-state index in [0.717, 1.165) is 19.4 Å². The van der Waals surface area contributed by atoms with Crippen LogP contribution in [0.3, 0.4) is 0 Å². The molecule has 1 amide bonds. The van der Waals surface area contributed by atoms with E-state index in [0.29, 0.717) is 12.5 Å². The number of nitrogens with one attached hydrogen (secondary N) is 2. The lowest BCUT2D eigenvalue weighted by Gasteiger charge is -2.25. The second-order valence-corrected chi connectivity index (χ2v) is 6.33. The van der Waals surface area contributed by atoms with Crippen LogP contribution in [0.5, 0.6) is 0 Å². The van der Waals surface area contributed by atoms with Crippen LogP contribution in [0.25, 0.3) is 0 Å². The Morgan fingerprint density at radius 1 is 1.30 bits per heavy atom. The first-order valence-corrected chi connectivity index (χ1v) is 7.98. The van der Waals surface area contributed by atoms with E-state index in [1.807, 2.05) is 13.8 Å². The standard InChI is InChI=1S/C8H15NO3.C8H15NO2/c1-5(2)4-7(8(11)12)9-6(3)10;1-6-3-4-7(5-9-6)8(10)11-2/h5,7H,4H2,1-3H3,(H,9,10)(H,11,12);6-7,9H,3-5H2,1-2H3/t7-;6-,7+/m01/s1. The average molecular weight is 330 g/mol. The molecule has 0 radical (unpaired) electrons. The third kappa shape index (κ3) is 9.89. The minimum absolute atomic E-state index is 0.0793. The molecular formula is C16H30N2O5. The van der Waals surface area contributed by atoms with Crippen LogP contribution in [0.1, 0.15) is 47.0 Å². The predicted octanol–water partition coefficient (Wildman–Crippen LogP) is 1.17. The number of rotatable bonds is 5. The van der Waals surface area contributed by atoms with Gasteiger partial charge in [0.2, 0.25) is 5.91 Å². The number of hydrogen-bond donors (Lipinski definition) is 3. The molecule has 1 heterocycles.